The number of hydrogen-bond donors (Lipinski definition) is 1. The lowest BCUT2D eigenvalue weighted by Crippen LogP contribution is -1.99. The van der Waals surface area contributed by atoms with Crippen LogP contribution in [0.3, 0.4) is 0 Å². The van der Waals surface area contributed by atoms with E-state index >= 15 is 0 Å². The summed E-state index contributed by atoms with van der Waals surface area (Å²) in [5.41, 5.74) is 6.88. The van der Waals surface area contributed by atoms with Crippen molar-refractivity contribution in [3.8, 4) is 0 Å². The van der Waals surface area contributed by atoms with Crippen molar-refractivity contribution in [2.75, 3.05) is 5.73 Å². The standard InChI is InChI=1S/C10H13NOS/c1-7(2)13-10(12)8-4-3-5-9(11)6-8/h3-7H,11H2,1-2H3. The fourth-order valence-electron chi connectivity index (χ4n) is 0.948. The van der Waals surface area contributed by atoms with Crippen molar-refractivity contribution in [2.24, 2.45) is 0 Å². The number of hydrogen-bond acceptors (Lipinski definition) is 3. The molecular weight excluding hydrogens is 182 g/mol. The van der Waals surface area contributed by atoms with Gasteiger partial charge < -0.3 is 5.73 Å². The van der Waals surface area contributed by atoms with Crippen LogP contribution in [0, 0.1) is 0 Å². The molecule has 0 spiro atoms. The van der Waals surface area contributed by atoms with Crippen LogP contribution in [0.2, 0.25) is 0 Å². The highest BCUT2D eigenvalue weighted by Gasteiger charge is 2.08. The second kappa shape index (κ2) is 4.33. The van der Waals surface area contributed by atoms with Gasteiger partial charge in [0.05, 0.1) is 0 Å². The summed E-state index contributed by atoms with van der Waals surface area (Å²) >= 11 is 1.32. The van der Waals surface area contributed by atoms with Gasteiger partial charge in [-0.05, 0) is 12.1 Å². The molecule has 2 nitrogen and oxygen atoms in total. The van der Waals surface area contributed by atoms with E-state index < -0.39 is 0 Å². The number of thioether (sulfide) groups is 1. The molecule has 0 atom stereocenters. The van der Waals surface area contributed by atoms with Crippen LogP contribution >= 0.6 is 11.8 Å². The lowest BCUT2D eigenvalue weighted by molar-refractivity contribution is 0.108. The molecule has 0 aromatic heterocycles. The Morgan fingerprint density at radius 1 is 1.46 bits per heavy atom. The van der Waals surface area contributed by atoms with Crippen molar-refractivity contribution >= 4 is 22.6 Å². The van der Waals surface area contributed by atoms with Gasteiger partial charge in [0.25, 0.3) is 0 Å². The van der Waals surface area contributed by atoms with Crippen molar-refractivity contribution in [2.45, 2.75) is 19.1 Å². The quantitative estimate of drug-likeness (QED) is 0.737. The monoisotopic (exact) mass is 195 g/mol. The smallest absolute Gasteiger partial charge is 0.219 e. The summed E-state index contributed by atoms with van der Waals surface area (Å²) in [5.74, 6) is 0. The molecule has 0 aliphatic heterocycles. The van der Waals surface area contributed by atoms with Crippen molar-refractivity contribution in [1.82, 2.24) is 0 Å². The molecule has 0 radical (unpaired) electrons. The molecule has 0 aliphatic rings. The molecule has 0 saturated carbocycles. The molecule has 0 fully saturated rings. The van der Waals surface area contributed by atoms with Gasteiger partial charge in [0.1, 0.15) is 0 Å². The van der Waals surface area contributed by atoms with Gasteiger partial charge in [0.2, 0.25) is 5.12 Å². The summed E-state index contributed by atoms with van der Waals surface area (Å²) in [6, 6.07) is 7.06. The average Bonchev–Trinajstić information content (AvgIpc) is 2.03. The minimum Gasteiger partial charge on any atom is -0.399 e. The minimum atomic E-state index is 0.0855. The van der Waals surface area contributed by atoms with Gasteiger partial charge in [0.15, 0.2) is 0 Å². The Kier molecular flexibility index (Phi) is 3.37. The van der Waals surface area contributed by atoms with E-state index in [0.29, 0.717) is 16.5 Å². The zero-order chi connectivity index (χ0) is 9.84. The Morgan fingerprint density at radius 3 is 2.69 bits per heavy atom. The topological polar surface area (TPSA) is 43.1 Å². The molecule has 0 saturated heterocycles. The Bertz CT molecular complexity index is 310. The van der Waals surface area contributed by atoms with Crippen molar-refractivity contribution < 1.29 is 4.79 Å². The maximum absolute atomic E-state index is 11.5. The van der Waals surface area contributed by atoms with Crippen LogP contribution in [0.25, 0.3) is 0 Å². The van der Waals surface area contributed by atoms with Gasteiger partial charge in [-0.25, -0.2) is 0 Å². The highest BCUT2D eigenvalue weighted by atomic mass is 32.2. The van der Waals surface area contributed by atoms with Crippen molar-refractivity contribution in [3.63, 3.8) is 0 Å². The molecule has 0 amide bonds. The minimum absolute atomic E-state index is 0.0855. The molecule has 0 aliphatic carbocycles. The molecular formula is C10H13NOS. The molecule has 2 N–H and O–H groups in total. The van der Waals surface area contributed by atoms with Gasteiger partial charge in [-0.15, -0.1) is 0 Å². The maximum atomic E-state index is 11.5. The number of nitrogens with two attached hydrogens (primary N) is 1. The maximum Gasteiger partial charge on any atom is 0.219 e. The first-order chi connectivity index (χ1) is 6.09. The van der Waals surface area contributed by atoms with Crippen molar-refractivity contribution in [1.29, 1.82) is 0 Å². The normalized spacial score (nSPS) is 10.4. The molecule has 13 heavy (non-hydrogen) atoms. The van der Waals surface area contributed by atoms with E-state index in [9.17, 15) is 4.79 Å². The lowest BCUT2D eigenvalue weighted by atomic mass is 10.2. The summed E-state index contributed by atoms with van der Waals surface area (Å²) in [7, 11) is 0. The number of nitrogen functional groups attached to an aromatic ring is 1. The second-order valence-corrected chi connectivity index (χ2v) is 4.63. The third-order valence-electron chi connectivity index (χ3n) is 1.47. The van der Waals surface area contributed by atoms with Crippen LogP contribution in [-0.4, -0.2) is 10.4 Å². The summed E-state index contributed by atoms with van der Waals surface area (Å²) in [6.07, 6.45) is 0. The van der Waals surface area contributed by atoms with Gasteiger partial charge in [-0.3, -0.25) is 4.79 Å². The van der Waals surface area contributed by atoms with Gasteiger partial charge >= 0.3 is 0 Å². The highest BCUT2D eigenvalue weighted by Crippen LogP contribution is 2.18. The van der Waals surface area contributed by atoms with E-state index in [4.69, 9.17) is 5.73 Å². The van der Waals surface area contributed by atoms with Gasteiger partial charge in [-0.2, -0.15) is 0 Å². The van der Waals surface area contributed by atoms with E-state index in [1.807, 2.05) is 13.8 Å². The molecule has 0 bridgehead atoms. The third kappa shape index (κ3) is 3.11. The predicted octanol–water partition coefficient (Wildman–Crippen LogP) is 2.55. The number of carbonyl (C=O) groups is 1. The van der Waals surface area contributed by atoms with Gasteiger partial charge in [0, 0.05) is 16.5 Å². The fourth-order valence-corrected chi connectivity index (χ4v) is 1.64. The second-order valence-electron chi connectivity index (χ2n) is 3.08. The number of benzene rings is 1. The molecule has 0 unspecified atom stereocenters. The Balaban J connectivity index is 2.77. The van der Waals surface area contributed by atoms with Crippen LogP contribution in [0.5, 0.6) is 0 Å². The molecule has 70 valence electrons. The molecule has 1 aromatic carbocycles. The summed E-state index contributed by atoms with van der Waals surface area (Å²) in [4.78, 5) is 11.5. The van der Waals surface area contributed by atoms with Crippen LogP contribution < -0.4 is 5.73 Å². The largest absolute Gasteiger partial charge is 0.399 e. The third-order valence-corrected chi connectivity index (χ3v) is 2.39. The van der Waals surface area contributed by atoms with Crippen LogP contribution in [0.15, 0.2) is 24.3 Å². The van der Waals surface area contributed by atoms with Crippen molar-refractivity contribution in [3.05, 3.63) is 29.8 Å². The van der Waals surface area contributed by atoms with E-state index in [-0.39, 0.29) is 5.12 Å². The fraction of sp³-hybridized carbons (Fsp3) is 0.300. The molecule has 0 heterocycles. The number of rotatable bonds is 2. The molecule has 1 rings (SSSR count). The Morgan fingerprint density at radius 2 is 2.15 bits per heavy atom. The Hall–Kier alpha value is -0.960. The van der Waals surface area contributed by atoms with E-state index in [2.05, 4.69) is 0 Å². The lowest BCUT2D eigenvalue weighted by Gasteiger charge is -2.03. The SMILES string of the molecule is CC(C)SC(=O)c1cccc(N)c1. The highest BCUT2D eigenvalue weighted by molar-refractivity contribution is 8.14. The first kappa shape index (κ1) is 10.1. The summed E-state index contributed by atoms with van der Waals surface area (Å²) < 4.78 is 0. The first-order valence-corrected chi connectivity index (χ1v) is 5.04. The predicted molar refractivity (Wildman–Crippen MR) is 57.9 cm³/mol. The summed E-state index contributed by atoms with van der Waals surface area (Å²) in [5, 5.41) is 0.399. The zero-order valence-electron chi connectivity index (χ0n) is 7.78. The molecule has 3 heteroatoms. The zero-order valence-corrected chi connectivity index (χ0v) is 8.60. The van der Waals surface area contributed by atoms with Crippen LogP contribution in [0.1, 0.15) is 24.2 Å². The Labute approximate surface area is 82.5 Å². The molecule has 1 aromatic rings. The average molecular weight is 195 g/mol. The first-order valence-electron chi connectivity index (χ1n) is 4.16. The number of anilines is 1. The summed E-state index contributed by atoms with van der Waals surface area (Å²) in [6.45, 7) is 3.99. The van der Waals surface area contributed by atoms with Gasteiger partial charge in [-0.1, -0.05) is 37.7 Å². The van der Waals surface area contributed by atoms with Crippen LogP contribution in [0.4, 0.5) is 5.69 Å². The van der Waals surface area contributed by atoms with E-state index in [1.165, 1.54) is 11.8 Å². The van der Waals surface area contributed by atoms with Crippen LogP contribution in [-0.2, 0) is 0 Å². The van der Waals surface area contributed by atoms with E-state index in [1.54, 1.807) is 24.3 Å². The van der Waals surface area contributed by atoms with E-state index in [0.717, 1.165) is 0 Å². The number of carbonyl (C=O) groups excluding carboxylic acids is 1.